The Bertz CT molecular complexity index is 901. The van der Waals surface area contributed by atoms with E-state index < -0.39 is 5.97 Å². The molecule has 0 aromatic heterocycles. The molecule has 0 aliphatic heterocycles. The van der Waals surface area contributed by atoms with Crippen molar-refractivity contribution >= 4 is 23.2 Å². The van der Waals surface area contributed by atoms with Gasteiger partial charge in [-0.2, -0.15) is 0 Å². The number of anilines is 1. The zero-order chi connectivity index (χ0) is 18.0. The lowest BCUT2D eigenvalue weighted by molar-refractivity contribution is -0.138. The summed E-state index contributed by atoms with van der Waals surface area (Å²) in [7, 11) is 0. The second-order valence-corrected chi connectivity index (χ2v) is 5.33. The molecule has 6 nitrogen and oxygen atoms in total. The number of carbonyl (C=O) groups excluding carboxylic acids is 3. The third kappa shape index (κ3) is 2.89. The first-order valence-electron chi connectivity index (χ1n) is 7.57. The maximum atomic E-state index is 12.8. The molecule has 0 atom stereocenters. The van der Waals surface area contributed by atoms with Crippen LogP contribution in [0.2, 0.25) is 0 Å². The van der Waals surface area contributed by atoms with Crippen LogP contribution in [0.4, 0.5) is 5.69 Å². The fourth-order valence-corrected chi connectivity index (χ4v) is 2.69. The van der Waals surface area contributed by atoms with Gasteiger partial charge in [0.2, 0.25) is 0 Å². The number of fused-ring (bicyclic) bond motifs is 2. The summed E-state index contributed by atoms with van der Waals surface area (Å²) < 4.78 is 10.4. The van der Waals surface area contributed by atoms with Crippen molar-refractivity contribution in [1.82, 2.24) is 0 Å². The number of ether oxygens (including phenoxy) is 2. The first kappa shape index (κ1) is 16.4. The minimum Gasteiger partial charge on any atom is -0.489 e. The van der Waals surface area contributed by atoms with Crippen LogP contribution in [-0.4, -0.2) is 30.7 Å². The second kappa shape index (κ2) is 6.60. The molecular weight excluding hydrogens is 322 g/mol. The first-order chi connectivity index (χ1) is 12.0. The average Bonchev–Trinajstić information content (AvgIpc) is 2.63. The fourth-order valence-electron chi connectivity index (χ4n) is 2.69. The van der Waals surface area contributed by atoms with Crippen molar-refractivity contribution in [2.75, 3.05) is 18.9 Å². The van der Waals surface area contributed by atoms with Gasteiger partial charge >= 0.3 is 5.97 Å². The van der Waals surface area contributed by atoms with Gasteiger partial charge in [0.1, 0.15) is 19.0 Å². The van der Waals surface area contributed by atoms with E-state index in [1.807, 2.05) is 0 Å². The summed E-state index contributed by atoms with van der Waals surface area (Å²) in [5, 5.41) is 0. The maximum absolute atomic E-state index is 12.8. The molecule has 1 aliphatic carbocycles. The lowest BCUT2D eigenvalue weighted by atomic mass is 9.83. The molecule has 0 spiro atoms. The van der Waals surface area contributed by atoms with Crippen LogP contribution in [0.15, 0.2) is 49.1 Å². The quantitative estimate of drug-likeness (QED) is 0.332. The summed E-state index contributed by atoms with van der Waals surface area (Å²) in [5.74, 6) is -0.975. The SMILES string of the molecule is C=CC(=O)OCCOc1ccc(N)c2c1C(=O)c1ccccc1C2=O. The van der Waals surface area contributed by atoms with Crippen molar-refractivity contribution in [3.05, 3.63) is 71.3 Å². The predicted octanol–water partition coefficient (Wildman–Crippen LogP) is 2.15. The molecular formula is C19H15NO5. The zero-order valence-corrected chi connectivity index (χ0v) is 13.3. The van der Waals surface area contributed by atoms with Gasteiger partial charge in [0.05, 0.1) is 11.1 Å². The van der Waals surface area contributed by atoms with Crippen LogP contribution in [0.25, 0.3) is 0 Å². The fraction of sp³-hybridized carbons (Fsp3) is 0.105. The van der Waals surface area contributed by atoms with Crippen LogP contribution < -0.4 is 10.5 Å². The molecule has 0 heterocycles. The van der Waals surface area contributed by atoms with Crippen LogP contribution in [0.3, 0.4) is 0 Å². The largest absolute Gasteiger partial charge is 0.489 e. The molecule has 0 amide bonds. The van der Waals surface area contributed by atoms with Crippen LogP contribution >= 0.6 is 0 Å². The Morgan fingerprint density at radius 1 is 1.00 bits per heavy atom. The number of nitrogen functional groups attached to an aromatic ring is 1. The van der Waals surface area contributed by atoms with Gasteiger partial charge in [0.15, 0.2) is 11.6 Å². The van der Waals surface area contributed by atoms with Crippen molar-refractivity contribution < 1.29 is 23.9 Å². The van der Waals surface area contributed by atoms with Gasteiger partial charge in [-0.1, -0.05) is 30.8 Å². The number of esters is 1. The summed E-state index contributed by atoms with van der Waals surface area (Å²) in [5.41, 5.74) is 7.06. The van der Waals surface area contributed by atoms with Crippen molar-refractivity contribution in [2.24, 2.45) is 0 Å². The van der Waals surface area contributed by atoms with Gasteiger partial charge in [0.25, 0.3) is 0 Å². The molecule has 2 aromatic carbocycles. The molecule has 3 rings (SSSR count). The number of carbonyl (C=O) groups is 3. The topological polar surface area (TPSA) is 95.7 Å². The molecule has 0 saturated carbocycles. The summed E-state index contributed by atoms with van der Waals surface area (Å²) in [6, 6.07) is 9.62. The van der Waals surface area contributed by atoms with Crippen LogP contribution in [-0.2, 0) is 9.53 Å². The van der Waals surface area contributed by atoms with Gasteiger partial charge in [-0.25, -0.2) is 4.79 Å². The normalized spacial score (nSPS) is 12.2. The Kier molecular flexibility index (Phi) is 4.35. The highest BCUT2D eigenvalue weighted by Gasteiger charge is 2.33. The van der Waals surface area contributed by atoms with E-state index in [2.05, 4.69) is 6.58 Å². The van der Waals surface area contributed by atoms with E-state index in [0.29, 0.717) is 11.1 Å². The Morgan fingerprint density at radius 2 is 1.64 bits per heavy atom. The highest BCUT2D eigenvalue weighted by atomic mass is 16.6. The number of rotatable bonds is 5. The van der Waals surface area contributed by atoms with Gasteiger partial charge < -0.3 is 15.2 Å². The number of nitrogens with two attached hydrogens (primary N) is 1. The molecule has 0 fully saturated rings. The average molecular weight is 337 g/mol. The lowest BCUT2D eigenvalue weighted by Gasteiger charge is -2.21. The molecule has 2 aromatic rings. The highest BCUT2D eigenvalue weighted by molar-refractivity contribution is 6.30. The van der Waals surface area contributed by atoms with E-state index in [-0.39, 0.29) is 47.3 Å². The van der Waals surface area contributed by atoms with Gasteiger partial charge in [-0.15, -0.1) is 0 Å². The third-order valence-corrected chi connectivity index (χ3v) is 3.82. The lowest BCUT2D eigenvalue weighted by Crippen LogP contribution is -2.23. The van der Waals surface area contributed by atoms with Crippen molar-refractivity contribution in [2.45, 2.75) is 0 Å². The summed E-state index contributed by atoms with van der Waals surface area (Å²) in [6.07, 6.45) is 1.05. The van der Waals surface area contributed by atoms with Crippen LogP contribution in [0, 0.1) is 0 Å². The minimum atomic E-state index is -0.567. The van der Waals surface area contributed by atoms with E-state index in [4.69, 9.17) is 15.2 Å². The Hall–Kier alpha value is -3.41. The molecule has 0 radical (unpaired) electrons. The van der Waals surface area contributed by atoms with Crippen molar-refractivity contribution in [3.8, 4) is 5.75 Å². The number of hydrogen-bond acceptors (Lipinski definition) is 6. The third-order valence-electron chi connectivity index (χ3n) is 3.82. The molecule has 6 heteroatoms. The number of benzene rings is 2. The van der Waals surface area contributed by atoms with E-state index >= 15 is 0 Å². The first-order valence-corrected chi connectivity index (χ1v) is 7.57. The van der Waals surface area contributed by atoms with Crippen LogP contribution in [0.5, 0.6) is 5.75 Å². The predicted molar refractivity (Wildman–Crippen MR) is 90.8 cm³/mol. The molecule has 126 valence electrons. The second-order valence-electron chi connectivity index (χ2n) is 5.33. The smallest absolute Gasteiger partial charge is 0.330 e. The minimum absolute atomic E-state index is 0.0112. The monoisotopic (exact) mass is 337 g/mol. The van der Waals surface area contributed by atoms with Crippen molar-refractivity contribution in [1.29, 1.82) is 0 Å². The molecule has 0 saturated heterocycles. The Morgan fingerprint density at radius 3 is 2.28 bits per heavy atom. The van der Waals surface area contributed by atoms with Gasteiger partial charge in [-0.05, 0) is 12.1 Å². The van der Waals surface area contributed by atoms with Gasteiger partial charge in [0, 0.05) is 22.9 Å². The summed E-state index contributed by atoms with van der Waals surface area (Å²) >= 11 is 0. The van der Waals surface area contributed by atoms with Gasteiger partial charge in [-0.3, -0.25) is 9.59 Å². The van der Waals surface area contributed by atoms with Crippen molar-refractivity contribution in [3.63, 3.8) is 0 Å². The molecule has 25 heavy (non-hydrogen) atoms. The van der Waals surface area contributed by atoms with E-state index in [9.17, 15) is 14.4 Å². The highest BCUT2D eigenvalue weighted by Crippen LogP contribution is 2.36. The number of hydrogen-bond donors (Lipinski definition) is 1. The Balaban J connectivity index is 1.93. The summed E-state index contributed by atoms with van der Waals surface area (Å²) in [6.45, 7) is 3.31. The molecule has 1 aliphatic rings. The summed E-state index contributed by atoms with van der Waals surface area (Å²) in [4.78, 5) is 36.6. The Labute approximate surface area is 143 Å². The molecule has 0 bridgehead atoms. The maximum Gasteiger partial charge on any atom is 0.330 e. The van der Waals surface area contributed by atoms with Crippen LogP contribution in [0.1, 0.15) is 31.8 Å². The number of ketones is 2. The standard InChI is InChI=1S/C19H15NO5/c1-2-15(21)25-10-9-24-14-8-7-13(20)16-17(14)19(23)12-6-4-3-5-11(12)18(16)22/h2-8H,1,9-10,20H2. The molecule has 0 unspecified atom stereocenters. The zero-order valence-electron chi connectivity index (χ0n) is 13.3. The molecule has 2 N–H and O–H groups in total. The van der Waals surface area contributed by atoms with E-state index in [1.165, 1.54) is 12.1 Å². The van der Waals surface area contributed by atoms with E-state index in [0.717, 1.165) is 6.08 Å². The van der Waals surface area contributed by atoms with E-state index in [1.54, 1.807) is 24.3 Å².